The van der Waals surface area contributed by atoms with Crippen molar-refractivity contribution >= 4 is 5.91 Å². The average molecular weight is 288 g/mol. The fraction of sp³-hybridized carbons (Fsp3) is 0.375. The maximum absolute atomic E-state index is 13.8. The van der Waals surface area contributed by atoms with Gasteiger partial charge in [-0.3, -0.25) is 4.79 Å². The molecule has 1 aromatic rings. The SMILES string of the molecule is CCN(CCC#N)C(=O)c1cc(C#CCCO)ccc1F. The molecule has 0 aromatic heterocycles. The predicted octanol–water partition coefficient (Wildman–Crippen LogP) is 1.94. The maximum Gasteiger partial charge on any atom is 0.256 e. The smallest absolute Gasteiger partial charge is 0.256 e. The second-order valence-electron chi connectivity index (χ2n) is 4.26. The number of hydrogen-bond donors (Lipinski definition) is 1. The van der Waals surface area contributed by atoms with Crippen molar-refractivity contribution in [2.45, 2.75) is 19.8 Å². The molecular formula is C16H17FN2O2. The summed E-state index contributed by atoms with van der Waals surface area (Å²) in [6, 6.07) is 6.06. The molecule has 0 saturated carbocycles. The van der Waals surface area contributed by atoms with Crippen molar-refractivity contribution in [3.63, 3.8) is 0 Å². The highest BCUT2D eigenvalue weighted by Gasteiger charge is 2.18. The van der Waals surface area contributed by atoms with Crippen LogP contribution in [0.3, 0.4) is 0 Å². The minimum atomic E-state index is -0.608. The normalized spacial score (nSPS) is 9.43. The minimum Gasteiger partial charge on any atom is -0.395 e. The van der Waals surface area contributed by atoms with Gasteiger partial charge in [0.2, 0.25) is 0 Å². The molecule has 21 heavy (non-hydrogen) atoms. The summed E-state index contributed by atoms with van der Waals surface area (Å²) in [6.07, 6.45) is 0.529. The number of benzene rings is 1. The van der Waals surface area contributed by atoms with Crippen LogP contribution in [0.5, 0.6) is 0 Å². The molecule has 1 amide bonds. The molecule has 0 bridgehead atoms. The molecule has 0 aliphatic heterocycles. The Kier molecular flexibility index (Phi) is 6.94. The molecule has 110 valence electrons. The first-order valence-corrected chi connectivity index (χ1v) is 6.69. The lowest BCUT2D eigenvalue weighted by Gasteiger charge is -2.19. The van der Waals surface area contributed by atoms with Crippen molar-refractivity contribution in [1.82, 2.24) is 4.90 Å². The summed E-state index contributed by atoms with van der Waals surface area (Å²) in [6.45, 7) is 2.40. The van der Waals surface area contributed by atoms with Crippen LogP contribution in [0.15, 0.2) is 18.2 Å². The Hall–Kier alpha value is -2.37. The van der Waals surface area contributed by atoms with Gasteiger partial charge < -0.3 is 10.0 Å². The summed E-state index contributed by atoms with van der Waals surface area (Å²) < 4.78 is 13.8. The summed E-state index contributed by atoms with van der Waals surface area (Å²) in [5, 5.41) is 17.3. The molecule has 0 unspecified atom stereocenters. The van der Waals surface area contributed by atoms with E-state index in [0.29, 0.717) is 18.5 Å². The first kappa shape index (κ1) is 16.7. The number of hydrogen-bond acceptors (Lipinski definition) is 3. The summed E-state index contributed by atoms with van der Waals surface area (Å²) in [5.41, 5.74) is 0.468. The summed E-state index contributed by atoms with van der Waals surface area (Å²) in [5.74, 6) is 4.44. The van der Waals surface area contributed by atoms with Gasteiger partial charge in [-0.25, -0.2) is 4.39 Å². The van der Waals surface area contributed by atoms with E-state index < -0.39 is 11.7 Å². The van der Waals surface area contributed by atoms with Gasteiger partial charge in [0.25, 0.3) is 5.91 Å². The van der Waals surface area contributed by atoms with Gasteiger partial charge in [0, 0.05) is 25.1 Å². The second-order valence-corrected chi connectivity index (χ2v) is 4.26. The Morgan fingerprint density at radius 2 is 2.19 bits per heavy atom. The Labute approximate surface area is 123 Å². The lowest BCUT2D eigenvalue weighted by molar-refractivity contribution is 0.0763. The molecule has 0 saturated heterocycles. The molecule has 0 radical (unpaired) electrons. The molecule has 0 atom stereocenters. The van der Waals surface area contributed by atoms with Crippen LogP contribution in [-0.2, 0) is 0 Å². The van der Waals surface area contributed by atoms with E-state index in [9.17, 15) is 9.18 Å². The molecule has 0 aliphatic carbocycles. The number of nitrogens with zero attached hydrogens (tertiary/aromatic N) is 2. The van der Waals surface area contributed by atoms with Gasteiger partial charge in [-0.2, -0.15) is 5.26 Å². The van der Waals surface area contributed by atoms with Gasteiger partial charge in [0.05, 0.1) is 24.7 Å². The molecule has 1 N–H and O–H groups in total. The number of aliphatic hydroxyl groups excluding tert-OH is 1. The van der Waals surface area contributed by atoms with Crippen molar-refractivity contribution in [3.05, 3.63) is 35.1 Å². The van der Waals surface area contributed by atoms with Gasteiger partial charge in [-0.1, -0.05) is 11.8 Å². The zero-order chi connectivity index (χ0) is 15.7. The molecule has 0 heterocycles. The fourth-order valence-corrected chi connectivity index (χ4v) is 1.75. The maximum atomic E-state index is 13.8. The minimum absolute atomic E-state index is 0.0439. The predicted molar refractivity (Wildman–Crippen MR) is 76.8 cm³/mol. The Morgan fingerprint density at radius 1 is 1.43 bits per heavy atom. The van der Waals surface area contributed by atoms with E-state index in [1.807, 2.05) is 6.07 Å². The molecule has 5 heteroatoms. The number of carbonyl (C=O) groups is 1. The van der Waals surface area contributed by atoms with Gasteiger partial charge in [0.1, 0.15) is 5.82 Å². The highest BCUT2D eigenvalue weighted by Crippen LogP contribution is 2.13. The number of amides is 1. The Bertz CT molecular complexity index is 597. The standard InChI is InChI=1S/C16H17FN2O2/c1-2-19(10-5-9-18)16(21)14-12-13(6-3-4-11-20)7-8-15(14)17/h7-8,12,20H,2,4-5,10-11H2,1H3. The van der Waals surface area contributed by atoms with E-state index in [2.05, 4.69) is 11.8 Å². The van der Waals surface area contributed by atoms with E-state index in [4.69, 9.17) is 10.4 Å². The molecular weight excluding hydrogens is 271 g/mol. The van der Waals surface area contributed by atoms with Crippen LogP contribution < -0.4 is 0 Å². The van der Waals surface area contributed by atoms with E-state index in [0.717, 1.165) is 0 Å². The van der Waals surface area contributed by atoms with Crippen LogP contribution in [-0.4, -0.2) is 35.6 Å². The van der Waals surface area contributed by atoms with Crippen molar-refractivity contribution in [2.24, 2.45) is 0 Å². The van der Waals surface area contributed by atoms with E-state index in [1.165, 1.54) is 23.1 Å². The fourth-order valence-electron chi connectivity index (χ4n) is 1.75. The number of aliphatic hydroxyl groups is 1. The summed E-state index contributed by atoms with van der Waals surface area (Å²) in [7, 11) is 0. The number of rotatable bonds is 5. The number of nitriles is 1. The van der Waals surface area contributed by atoms with E-state index in [1.54, 1.807) is 6.92 Å². The third-order valence-corrected chi connectivity index (χ3v) is 2.83. The topological polar surface area (TPSA) is 64.3 Å². The van der Waals surface area contributed by atoms with Crippen LogP contribution in [0, 0.1) is 29.0 Å². The van der Waals surface area contributed by atoms with Gasteiger partial charge in [-0.15, -0.1) is 0 Å². The van der Waals surface area contributed by atoms with Crippen LogP contribution in [0.25, 0.3) is 0 Å². The van der Waals surface area contributed by atoms with E-state index in [-0.39, 0.29) is 25.1 Å². The quantitative estimate of drug-likeness (QED) is 0.842. The second kappa shape index (κ2) is 8.73. The van der Waals surface area contributed by atoms with Crippen molar-refractivity contribution in [2.75, 3.05) is 19.7 Å². The Balaban J connectivity index is 3.00. The summed E-state index contributed by atoms with van der Waals surface area (Å²) >= 11 is 0. The van der Waals surface area contributed by atoms with Gasteiger partial charge in [-0.05, 0) is 25.1 Å². The van der Waals surface area contributed by atoms with Gasteiger partial charge >= 0.3 is 0 Å². The van der Waals surface area contributed by atoms with Crippen molar-refractivity contribution in [3.8, 4) is 17.9 Å². The summed E-state index contributed by atoms with van der Waals surface area (Å²) in [4.78, 5) is 13.7. The average Bonchev–Trinajstić information content (AvgIpc) is 2.49. The zero-order valence-electron chi connectivity index (χ0n) is 11.9. The molecule has 4 nitrogen and oxygen atoms in total. The molecule has 1 aromatic carbocycles. The Morgan fingerprint density at radius 3 is 2.81 bits per heavy atom. The lowest BCUT2D eigenvalue weighted by Crippen LogP contribution is -2.32. The number of halogens is 1. The van der Waals surface area contributed by atoms with Crippen LogP contribution in [0.2, 0.25) is 0 Å². The third-order valence-electron chi connectivity index (χ3n) is 2.83. The molecule has 0 aliphatic rings. The molecule has 1 rings (SSSR count). The van der Waals surface area contributed by atoms with Crippen molar-refractivity contribution < 1.29 is 14.3 Å². The highest BCUT2D eigenvalue weighted by atomic mass is 19.1. The largest absolute Gasteiger partial charge is 0.395 e. The van der Waals surface area contributed by atoms with Crippen LogP contribution >= 0.6 is 0 Å². The van der Waals surface area contributed by atoms with E-state index >= 15 is 0 Å². The lowest BCUT2D eigenvalue weighted by atomic mass is 10.1. The zero-order valence-corrected chi connectivity index (χ0v) is 11.9. The first-order valence-electron chi connectivity index (χ1n) is 6.69. The monoisotopic (exact) mass is 288 g/mol. The first-order chi connectivity index (χ1) is 10.1. The highest BCUT2D eigenvalue weighted by molar-refractivity contribution is 5.94. The molecule has 0 fully saturated rings. The molecule has 0 spiro atoms. The third kappa shape index (κ3) is 4.91. The number of carbonyl (C=O) groups excluding carboxylic acids is 1. The van der Waals surface area contributed by atoms with Crippen molar-refractivity contribution in [1.29, 1.82) is 5.26 Å². The van der Waals surface area contributed by atoms with Gasteiger partial charge in [0.15, 0.2) is 0 Å². The van der Waals surface area contributed by atoms with Crippen LogP contribution in [0.4, 0.5) is 4.39 Å². The van der Waals surface area contributed by atoms with Crippen LogP contribution in [0.1, 0.15) is 35.7 Å².